The van der Waals surface area contributed by atoms with Gasteiger partial charge < -0.3 is 20.1 Å². The highest BCUT2D eigenvalue weighted by atomic mass is 19.2. The van der Waals surface area contributed by atoms with E-state index in [1.54, 1.807) is 12.1 Å². The highest BCUT2D eigenvalue weighted by Gasteiger charge is 2.20. The molecule has 1 atom stereocenters. The lowest BCUT2D eigenvalue weighted by molar-refractivity contribution is -0.156. The van der Waals surface area contributed by atoms with Crippen LogP contribution in [0.3, 0.4) is 0 Å². The first-order valence-electron chi connectivity index (χ1n) is 9.18. The van der Waals surface area contributed by atoms with Crippen molar-refractivity contribution < 1.29 is 37.0 Å². The van der Waals surface area contributed by atoms with Crippen LogP contribution in [0.15, 0.2) is 30.3 Å². The second-order valence-corrected chi connectivity index (χ2v) is 6.73. The number of amides is 2. The van der Waals surface area contributed by atoms with E-state index in [0.717, 1.165) is 17.2 Å². The van der Waals surface area contributed by atoms with E-state index in [1.807, 2.05) is 25.2 Å². The quantitative estimate of drug-likeness (QED) is 0.488. The molecule has 0 aliphatic heterocycles. The first-order chi connectivity index (χ1) is 14.6. The van der Waals surface area contributed by atoms with Gasteiger partial charge in [0.1, 0.15) is 5.75 Å². The molecule has 2 rings (SSSR count). The fourth-order valence-electron chi connectivity index (χ4n) is 2.57. The smallest absolute Gasteiger partial charge is 0.344 e. The largest absolute Gasteiger partial charge is 0.482 e. The molecule has 0 aromatic heterocycles. The van der Waals surface area contributed by atoms with Gasteiger partial charge in [-0.1, -0.05) is 6.07 Å². The predicted molar refractivity (Wildman–Crippen MR) is 105 cm³/mol. The molecule has 0 saturated carbocycles. The number of benzene rings is 2. The standard InChI is InChI=1S/C21H21F3N2O5/c1-11-6-12(2)8-14(7-11)30-10-18(28)31-13(3)21(29)25-9-17(27)26-16-5-4-15(22)19(23)20(16)24/h4-8,13H,9-10H2,1-3H3,(H,25,29)(H,26,27). The number of nitrogens with one attached hydrogen (secondary N) is 2. The first-order valence-corrected chi connectivity index (χ1v) is 9.18. The van der Waals surface area contributed by atoms with Gasteiger partial charge in [0.25, 0.3) is 5.91 Å². The summed E-state index contributed by atoms with van der Waals surface area (Å²) in [6.07, 6.45) is -1.23. The normalized spacial score (nSPS) is 11.4. The van der Waals surface area contributed by atoms with Crippen LogP contribution in [-0.2, 0) is 19.1 Å². The summed E-state index contributed by atoms with van der Waals surface area (Å²) in [6, 6.07) is 6.91. The monoisotopic (exact) mass is 438 g/mol. The van der Waals surface area contributed by atoms with E-state index in [1.165, 1.54) is 6.92 Å². The maximum absolute atomic E-state index is 13.5. The zero-order valence-electron chi connectivity index (χ0n) is 17.1. The van der Waals surface area contributed by atoms with Gasteiger partial charge in [0.15, 0.2) is 30.2 Å². The molecule has 0 heterocycles. The number of anilines is 1. The molecular weight excluding hydrogens is 417 g/mol. The Balaban J connectivity index is 1.78. The zero-order valence-corrected chi connectivity index (χ0v) is 17.1. The van der Waals surface area contributed by atoms with Crippen LogP contribution in [0.2, 0.25) is 0 Å². The van der Waals surface area contributed by atoms with Crippen molar-refractivity contribution in [1.29, 1.82) is 0 Å². The van der Waals surface area contributed by atoms with Gasteiger partial charge in [-0.25, -0.2) is 18.0 Å². The number of ether oxygens (including phenoxy) is 2. The van der Waals surface area contributed by atoms with E-state index in [4.69, 9.17) is 9.47 Å². The Morgan fingerprint density at radius 3 is 2.29 bits per heavy atom. The Hall–Kier alpha value is -3.56. The molecule has 166 valence electrons. The molecular formula is C21H21F3N2O5. The van der Waals surface area contributed by atoms with Crippen molar-refractivity contribution in [3.8, 4) is 5.75 Å². The molecule has 0 fully saturated rings. The van der Waals surface area contributed by atoms with Crippen LogP contribution >= 0.6 is 0 Å². The zero-order chi connectivity index (χ0) is 23.1. The third-order valence-corrected chi connectivity index (χ3v) is 3.96. The molecule has 0 aliphatic carbocycles. The number of halogens is 3. The minimum absolute atomic E-state index is 0.420. The second kappa shape index (κ2) is 10.5. The Bertz CT molecular complexity index is 977. The second-order valence-electron chi connectivity index (χ2n) is 6.73. The molecule has 10 heteroatoms. The molecule has 0 aliphatic rings. The Labute approximate surface area is 176 Å². The summed E-state index contributed by atoms with van der Waals surface area (Å²) in [5.41, 5.74) is 1.33. The van der Waals surface area contributed by atoms with Gasteiger partial charge in [-0.05, 0) is 56.2 Å². The number of aryl methyl sites for hydroxylation is 2. The van der Waals surface area contributed by atoms with E-state index in [0.29, 0.717) is 11.8 Å². The number of carbonyl (C=O) groups excluding carboxylic acids is 3. The Morgan fingerprint density at radius 1 is 1.00 bits per heavy atom. The fraction of sp³-hybridized carbons (Fsp3) is 0.286. The molecule has 0 saturated heterocycles. The first kappa shape index (κ1) is 23.7. The summed E-state index contributed by atoms with van der Waals surface area (Å²) in [7, 11) is 0. The van der Waals surface area contributed by atoms with Crippen molar-refractivity contribution in [1.82, 2.24) is 5.32 Å². The molecule has 31 heavy (non-hydrogen) atoms. The van der Waals surface area contributed by atoms with Crippen molar-refractivity contribution in [3.05, 3.63) is 58.9 Å². The molecule has 0 spiro atoms. The van der Waals surface area contributed by atoms with Gasteiger partial charge in [-0.3, -0.25) is 9.59 Å². The van der Waals surface area contributed by atoms with Crippen molar-refractivity contribution in [2.45, 2.75) is 26.9 Å². The van der Waals surface area contributed by atoms with Gasteiger partial charge in [0.2, 0.25) is 5.91 Å². The van der Waals surface area contributed by atoms with Crippen molar-refractivity contribution in [2.24, 2.45) is 0 Å². The molecule has 0 radical (unpaired) electrons. The maximum Gasteiger partial charge on any atom is 0.344 e. The lowest BCUT2D eigenvalue weighted by Gasteiger charge is -2.14. The van der Waals surface area contributed by atoms with Gasteiger partial charge in [-0.2, -0.15) is 0 Å². The number of hydrogen-bond donors (Lipinski definition) is 2. The minimum atomic E-state index is -1.73. The van der Waals surface area contributed by atoms with Crippen LogP contribution in [0.1, 0.15) is 18.1 Å². The van der Waals surface area contributed by atoms with Gasteiger partial charge in [0.05, 0.1) is 12.2 Å². The van der Waals surface area contributed by atoms with Gasteiger partial charge in [-0.15, -0.1) is 0 Å². The molecule has 7 nitrogen and oxygen atoms in total. The predicted octanol–water partition coefficient (Wildman–Crippen LogP) is 2.79. The third-order valence-electron chi connectivity index (χ3n) is 3.96. The number of esters is 1. The van der Waals surface area contributed by atoms with E-state index >= 15 is 0 Å². The summed E-state index contributed by atoms with van der Waals surface area (Å²) < 4.78 is 49.9. The van der Waals surface area contributed by atoms with Gasteiger partial charge in [0, 0.05) is 0 Å². The molecule has 2 aromatic carbocycles. The number of rotatable bonds is 8. The van der Waals surface area contributed by atoms with Crippen LogP contribution < -0.4 is 15.4 Å². The van der Waals surface area contributed by atoms with E-state index in [2.05, 4.69) is 5.32 Å². The van der Waals surface area contributed by atoms with Crippen LogP contribution in [0.4, 0.5) is 18.9 Å². The summed E-state index contributed by atoms with van der Waals surface area (Å²) in [5, 5.41) is 4.18. The third kappa shape index (κ3) is 7.02. The van der Waals surface area contributed by atoms with E-state index in [9.17, 15) is 27.6 Å². The Kier molecular flexibility index (Phi) is 8.00. The maximum atomic E-state index is 13.5. The topological polar surface area (TPSA) is 93.7 Å². The summed E-state index contributed by atoms with van der Waals surface area (Å²) >= 11 is 0. The average Bonchev–Trinajstić information content (AvgIpc) is 2.70. The van der Waals surface area contributed by atoms with Crippen LogP contribution in [-0.4, -0.2) is 37.0 Å². The highest BCUT2D eigenvalue weighted by molar-refractivity contribution is 5.95. The number of hydrogen-bond acceptors (Lipinski definition) is 5. The molecule has 2 aromatic rings. The molecule has 2 N–H and O–H groups in total. The Morgan fingerprint density at radius 2 is 1.65 bits per heavy atom. The highest BCUT2D eigenvalue weighted by Crippen LogP contribution is 2.19. The van der Waals surface area contributed by atoms with E-state index in [-0.39, 0.29) is 0 Å². The fourth-order valence-corrected chi connectivity index (χ4v) is 2.57. The summed E-state index contributed by atoms with van der Waals surface area (Å²) in [4.78, 5) is 35.6. The van der Waals surface area contributed by atoms with Crippen LogP contribution in [0.25, 0.3) is 0 Å². The molecule has 0 bridgehead atoms. The number of carbonyl (C=O) groups is 3. The average molecular weight is 438 g/mol. The minimum Gasteiger partial charge on any atom is -0.482 e. The lowest BCUT2D eigenvalue weighted by atomic mass is 10.1. The summed E-state index contributed by atoms with van der Waals surface area (Å²) in [6.45, 7) is 4.01. The lowest BCUT2D eigenvalue weighted by Crippen LogP contribution is -2.40. The SMILES string of the molecule is Cc1cc(C)cc(OCC(=O)OC(C)C(=O)NCC(=O)Nc2ccc(F)c(F)c2F)c1. The van der Waals surface area contributed by atoms with Crippen molar-refractivity contribution in [3.63, 3.8) is 0 Å². The van der Waals surface area contributed by atoms with Crippen LogP contribution in [0, 0.1) is 31.3 Å². The summed E-state index contributed by atoms with van der Waals surface area (Å²) in [5.74, 6) is -6.70. The van der Waals surface area contributed by atoms with Crippen molar-refractivity contribution >= 4 is 23.5 Å². The van der Waals surface area contributed by atoms with E-state index < -0.39 is 60.2 Å². The van der Waals surface area contributed by atoms with Crippen LogP contribution in [0.5, 0.6) is 5.75 Å². The molecule has 1 unspecified atom stereocenters. The van der Waals surface area contributed by atoms with Gasteiger partial charge >= 0.3 is 5.97 Å². The van der Waals surface area contributed by atoms with Crippen molar-refractivity contribution in [2.75, 3.05) is 18.5 Å². The molecule has 2 amide bonds.